The lowest BCUT2D eigenvalue weighted by Crippen LogP contribution is -2.31. The number of hydrogen-bond donors (Lipinski definition) is 2. The summed E-state index contributed by atoms with van der Waals surface area (Å²) < 4.78 is 0. The summed E-state index contributed by atoms with van der Waals surface area (Å²) in [6, 6.07) is 12.9. The minimum atomic E-state index is 0.200. The highest BCUT2D eigenvalue weighted by molar-refractivity contribution is 5.26. The molecule has 3 nitrogen and oxygen atoms in total. The summed E-state index contributed by atoms with van der Waals surface area (Å²) in [6.07, 6.45) is 5.68. The second-order valence-corrected chi connectivity index (χ2v) is 7.05. The molecule has 0 amide bonds. The van der Waals surface area contributed by atoms with Gasteiger partial charge in [-0.1, -0.05) is 38.1 Å². The lowest BCUT2D eigenvalue weighted by Gasteiger charge is -2.24. The van der Waals surface area contributed by atoms with Crippen LogP contribution in [0.4, 0.5) is 0 Å². The number of aliphatic hydroxyl groups excluding tert-OH is 1. The van der Waals surface area contributed by atoms with Crippen LogP contribution in [-0.2, 0) is 6.42 Å². The number of aryl methyl sites for hydroxylation is 1. The van der Waals surface area contributed by atoms with Crippen molar-refractivity contribution in [1.29, 1.82) is 0 Å². The Morgan fingerprint density at radius 1 is 1.08 bits per heavy atom. The third-order valence-electron chi connectivity index (χ3n) is 4.50. The van der Waals surface area contributed by atoms with E-state index in [2.05, 4.69) is 67.5 Å². The molecule has 2 aromatic rings. The van der Waals surface area contributed by atoms with Crippen LogP contribution in [0, 0.1) is 18.8 Å². The minimum Gasteiger partial charge on any atom is -0.396 e. The van der Waals surface area contributed by atoms with E-state index in [1.165, 1.54) is 16.7 Å². The van der Waals surface area contributed by atoms with Crippen molar-refractivity contribution >= 4 is 0 Å². The first-order chi connectivity index (χ1) is 11.6. The number of aliphatic hydroxyl groups is 1. The number of nitrogens with zero attached hydrogens (tertiary/aromatic N) is 1. The van der Waals surface area contributed by atoms with Gasteiger partial charge in [0.2, 0.25) is 0 Å². The van der Waals surface area contributed by atoms with Gasteiger partial charge in [0.1, 0.15) is 0 Å². The van der Waals surface area contributed by atoms with E-state index in [-0.39, 0.29) is 12.5 Å². The average Bonchev–Trinajstić information content (AvgIpc) is 2.59. The van der Waals surface area contributed by atoms with Crippen molar-refractivity contribution in [2.75, 3.05) is 13.2 Å². The summed E-state index contributed by atoms with van der Waals surface area (Å²) in [5.74, 6) is 0.835. The van der Waals surface area contributed by atoms with Gasteiger partial charge >= 0.3 is 0 Å². The van der Waals surface area contributed by atoms with Gasteiger partial charge in [-0.25, -0.2) is 0 Å². The Bertz CT molecular complexity index is 598. The average molecular weight is 326 g/mol. The molecule has 0 aliphatic rings. The Kier molecular flexibility index (Phi) is 7.41. The lowest BCUT2D eigenvalue weighted by atomic mass is 9.94. The number of aromatic nitrogens is 1. The molecule has 2 atom stereocenters. The molecule has 0 radical (unpaired) electrons. The standard InChI is InChI=1S/C21H30N2O/c1-16(2)12-21(19-8-10-22-11-9-19)23-14-18(15-24)13-20-7-5-4-6-17(20)3/h4-11,16,18,21,23-24H,12-15H2,1-3H3. The van der Waals surface area contributed by atoms with E-state index >= 15 is 0 Å². The highest BCUT2D eigenvalue weighted by Gasteiger charge is 2.16. The highest BCUT2D eigenvalue weighted by Crippen LogP contribution is 2.21. The highest BCUT2D eigenvalue weighted by atomic mass is 16.3. The molecule has 130 valence electrons. The maximum Gasteiger partial charge on any atom is 0.0474 e. The van der Waals surface area contributed by atoms with E-state index in [1.807, 2.05) is 12.4 Å². The summed E-state index contributed by atoms with van der Waals surface area (Å²) in [5.41, 5.74) is 3.89. The molecule has 1 aromatic heterocycles. The minimum absolute atomic E-state index is 0.200. The molecule has 0 saturated heterocycles. The maximum absolute atomic E-state index is 9.79. The van der Waals surface area contributed by atoms with Crippen molar-refractivity contribution in [3.05, 3.63) is 65.5 Å². The van der Waals surface area contributed by atoms with Crippen LogP contribution in [0.2, 0.25) is 0 Å². The van der Waals surface area contributed by atoms with E-state index in [4.69, 9.17) is 0 Å². The van der Waals surface area contributed by atoms with Crippen molar-refractivity contribution in [3.63, 3.8) is 0 Å². The summed E-state index contributed by atoms with van der Waals surface area (Å²) in [4.78, 5) is 4.12. The summed E-state index contributed by atoms with van der Waals surface area (Å²) >= 11 is 0. The van der Waals surface area contributed by atoms with Gasteiger partial charge in [0.05, 0.1) is 0 Å². The Balaban J connectivity index is 1.99. The number of benzene rings is 1. The zero-order valence-electron chi connectivity index (χ0n) is 15.1. The maximum atomic E-state index is 9.79. The molecule has 0 fully saturated rings. The van der Waals surface area contributed by atoms with Crippen LogP contribution in [0.25, 0.3) is 0 Å². The molecule has 3 heteroatoms. The Labute approximate surface area is 146 Å². The largest absolute Gasteiger partial charge is 0.396 e. The molecular weight excluding hydrogens is 296 g/mol. The van der Waals surface area contributed by atoms with Gasteiger partial charge in [-0.2, -0.15) is 0 Å². The Morgan fingerprint density at radius 2 is 1.79 bits per heavy atom. The van der Waals surface area contributed by atoms with E-state index < -0.39 is 0 Å². The van der Waals surface area contributed by atoms with Crippen LogP contribution in [0.15, 0.2) is 48.8 Å². The molecule has 0 saturated carbocycles. The van der Waals surface area contributed by atoms with E-state index in [0.29, 0.717) is 12.0 Å². The fraction of sp³-hybridized carbons (Fsp3) is 0.476. The molecule has 2 N–H and O–H groups in total. The van der Waals surface area contributed by atoms with Crippen molar-refractivity contribution in [2.45, 2.75) is 39.7 Å². The zero-order chi connectivity index (χ0) is 17.4. The Morgan fingerprint density at radius 3 is 2.42 bits per heavy atom. The van der Waals surface area contributed by atoms with Crippen LogP contribution in [0.3, 0.4) is 0 Å². The first kappa shape index (κ1) is 18.6. The first-order valence-corrected chi connectivity index (χ1v) is 8.88. The quantitative estimate of drug-likeness (QED) is 0.734. The summed E-state index contributed by atoms with van der Waals surface area (Å²) in [5, 5.41) is 13.5. The fourth-order valence-electron chi connectivity index (χ4n) is 3.06. The van der Waals surface area contributed by atoms with Gasteiger partial charge in [-0.3, -0.25) is 4.98 Å². The molecule has 1 heterocycles. The lowest BCUT2D eigenvalue weighted by molar-refractivity contribution is 0.216. The summed E-state index contributed by atoms with van der Waals surface area (Å²) in [6.45, 7) is 7.63. The first-order valence-electron chi connectivity index (χ1n) is 8.88. The molecule has 0 aliphatic carbocycles. The molecule has 0 aliphatic heterocycles. The van der Waals surface area contributed by atoms with Crippen molar-refractivity contribution in [3.8, 4) is 0 Å². The van der Waals surface area contributed by atoms with E-state index in [1.54, 1.807) is 0 Å². The number of pyridine rings is 1. The Hall–Kier alpha value is -1.71. The fourth-order valence-corrected chi connectivity index (χ4v) is 3.06. The third kappa shape index (κ3) is 5.73. The van der Waals surface area contributed by atoms with Gasteiger partial charge in [0.15, 0.2) is 0 Å². The predicted molar refractivity (Wildman–Crippen MR) is 99.9 cm³/mol. The number of hydrogen-bond acceptors (Lipinski definition) is 3. The van der Waals surface area contributed by atoms with E-state index in [0.717, 1.165) is 19.4 Å². The van der Waals surface area contributed by atoms with Crippen molar-refractivity contribution in [2.24, 2.45) is 11.8 Å². The molecule has 2 unspecified atom stereocenters. The molecular formula is C21H30N2O. The second-order valence-electron chi connectivity index (χ2n) is 7.05. The third-order valence-corrected chi connectivity index (χ3v) is 4.50. The van der Waals surface area contributed by atoms with E-state index in [9.17, 15) is 5.11 Å². The van der Waals surface area contributed by atoms with Gasteiger partial charge in [-0.05, 0) is 60.4 Å². The topological polar surface area (TPSA) is 45.1 Å². The van der Waals surface area contributed by atoms with Gasteiger partial charge in [0.25, 0.3) is 0 Å². The molecule has 2 rings (SSSR count). The number of rotatable bonds is 9. The van der Waals surface area contributed by atoms with Gasteiger partial charge in [0, 0.05) is 31.6 Å². The molecule has 24 heavy (non-hydrogen) atoms. The van der Waals surface area contributed by atoms with Crippen molar-refractivity contribution < 1.29 is 5.11 Å². The van der Waals surface area contributed by atoms with Crippen LogP contribution in [0.5, 0.6) is 0 Å². The van der Waals surface area contributed by atoms with Gasteiger partial charge < -0.3 is 10.4 Å². The smallest absolute Gasteiger partial charge is 0.0474 e. The predicted octanol–water partition coefficient (Wildman–Crippen LogP) is 3.92. The molecule has 0 spiro atoms. The second kappa shape index (κ2) is 9.55. The SMILES string of the molecule is Cc1ccccc1CC(CO)CNC(CC(C)C)c1ccncc1. The van der Waals surface area contributed by atoms with Crippen LogP contribution in [-0.4, -0.2) is 23.2 Å². The summed E-state index contributed by atoms with van der Waals surface area (Å²) in [7, 11) is 0. The molecule has 0 bridgehead atoms. The normalized spacial score (nSPS) is 13.9. The monoisotopic (exact) mass is 326 g/mol. The van der Waals surface area contributed by atoms with Crippen molar-refractivity contribution in [1.82, 2.24) is 10.3 Å². The number of nitrogens with one attached hydrogen (secondary N) is 1. The molecule has 1 aromatic carbocycles. The zero-order valence-corrected chi connectivity index (χ0v) is 15.1. The van der Waals surface area contributed by atoms with Crippen LogP contribution < -0.4 is 5.32 Å². The van der Waals surface area contributed by atoms with Crippen LogP contribution in [0.1, 0.15) is 43.0 Å². The van der Waals surface area contributed by atoms with Gasteiger partial charge in [-0.15, -0.1) is 0 Å². The van der Waals surface area contributed by atoms with Crippen LogP contribution >= 0.6 is 0 Å².